The van der Waals surface area contributed by atoms with E-state index in [1.807, 2.05) is 30.3 Å². The molecule has 1 amide bonds. The molecule has 0 spiro atoms. The Morgan fingerprint density at radius 2 is 2.09 bits per heavy atom. The van der Waals surface area contributed by atoms with E-state index in [0.29, 0.717) is 41.4 Å². The minimum Gasteiger partial charge on any atom is -0.355 e. The van der Waals surface area contributed by atoms with Crippen LogP contribution in [-0.4, -0.2) is 45.7 Å². The number of hydrogen-bond donors (Lipinski definition) is 3. The first-order valence-electron chi connectivity index (χ1n) is 11.9. The van der Waals surface area contributed by atoms with Crippen LogP contribution >= 0.6 is 0 Å². The van der Waals surface area contributed by atoms with Crippen molar-refractivity contribution in [3.63, 3.8) is 0 Å². The van der Waals surface area contributed by atoms with Crippen molar-refractivity contribution in [1.82, 2.24) is 25.5 Å². The number of amides is 1. The van der Waals surface area contributed by atoms with Crippen molar-refractivity contribution >= 4 is 22.9 Å². The number of anilines is 1. The van der Waals surface area contributed by atoms with Gasteiger partial charge in [-0.25, -0.2) is 14.4 Å². The lowest BCUT2D eigenvalue weighted by Gasteiger charge is -2.26. The monoisotopic (exact) mass is 469 g/mol. The number of piperidine rings is 1. The Balaban J connectivity index is 1.17. The zero-order valence-electron chi connectivity index (χ0n) is 19.0. The van der Waals surface area contributed by atoms with Crippen molar-refractivity contribution < 1.29 is 9.18 Å². The number of hydrogen-bond acceptors (Lipinski definition) is 6. The van der Waals surface area contributed by atoms with Crippen molar-refractivity contribution in [1.29, 1.82) is 0 Å². The predicted molar refractivity (Wildman–Crippen MR) is 129 cm³/mol. The Hall–Kier alpha value is -3.85. The van der Waals surface area contributed by atoms with Gasteiger partial charge in [0.05, 0.1) is 6.20 Å². The first-order chi connectivity index (χ1) is 17.1. The van der Waals surface area contributed by atoms with Crippen molar-refractivity contribution in [3.05, 3.63) is 71.2 Å². The molecule has 8 nitrogen and oxygen atoms in total. The molecule has 2 fully saturated rings. The van der Waals surface area contributed by atoms with E-state index >= 15 is 0 Å². The summed E-state index contributed by atoms with van der Waals surface area (Å²) in [7, 11) is 0. The van der Waals surface area contributed by atoms with E-state index in [9.17, 15) is 9.18 Å². The van der Waals surface area contributed by atoms with Crippen LogP contribution in [-0.2, 0) is 12.0 Å². The molecule has 35 heavy (non-hydrogen) atoms. The molecule has 9 heteroatoms. The van der Waals surface area contributed by atoms with Crippen LogP contribution in [0.2, 0.25) is 0 Å². The largest absolute Gasteiger partial charge is 0.355 e. The molecular formula is C26H24FN7O. The summed E-state index contributed by atoms with van der Waals surface area (Å²) in [5, 5.41) is 10.3. The maximum atomic E-state index is 14.7. The zero-order valence-corrected chi connectivity index (χ0v) is 19.0. The van der Waals surface area contributed by atoms with Gasteiger partial charge in [0.1, 0.15) is 22.8 Å². The Morgan fingerprint density at radius 1 is 1.20 bits per heavy atom. The third-order valence-corrected chi connectivity index (χ3v) is 8.18. The van der Waals surface area contributed by atoms with E-state index in [2.05, 4.69) is 20.4 Å². The number of aromatic amines is 1. The van der Waals surface area contributed by atoms with Gasteiger partial charge in [-0.1, -0.05) is 24.3 Å². The lowest BCUT2D eigenvalue weighted by molar-refractivity contribution is 0.0965. The van der Waals surface area contributed by atoms with E-state index in [1.54, 1.807) is 12.3 Å². The highest BCUT2D eigenvalue weighted by molar-refractivity contribution is 5.99. The first kappa shape index (κ1) is 20.5. The van der Waals surface area contributed by atoms with Gasteiger partial charge in [0.2, 0.25) is 0 Å². The van der Waals surface area contributed by atoms with Crippen LogP contribution in [0.1, 0.15) is 27.9 Å². The number of carbonyl (C=O) groups excluding carboxylic acids is 1. The van der Waals surface area contributed by atoms with Gasteiger partial charge in [-0.05, 0) is 47.6 Å². The first-order valence-corrected chi connectivity index (χ1v) is 11.9. The van der Waals surface area contributed by atoms with E-state index in [1.165, 1.54) is 6.07 Å². The second-order valence-corrected chi connectivity index (χ2v) is 9.72. The van der Waals surface area contributed by atoms with E-state index in [4.69, 9.17) is 15.7 Å². The molecule has 4 heterocycles. The maximum absolute atomic E-state index is 14.7. The van der Waals surface area contributed by atoms with Crippen LogP contribution in [0, 0.1) is 17.7 Å². The molecule has 0 bridgehead atoms. The zero-order chi connectivity index (χ0) is 23.7. The topological polar surface area (TPSA) is 113 Å². The van der Waals surface area contributed by atoms with Gasteiger partial charge in [0.15, 0.2) is 5.65 Å². The number of fused-ring (bicyclic) bond motifs is 3. The third-order valence-electron chi connectivity index (χ3n) is 8.18. The standard InChI is InChI=1S/C26H24FN7O/c27-20-4-2-1-3-18(20)26(13-28)17-7-8-34(12-19(17)26)21-11-29-23-22(32-33-24(23)31-21)14-5-6-16-15(9-14)10-30-25(16)35/h1-6,9,11,17,19H,7-8,10,12-13,28H2,(H,30,35)(H,31,32,33)/t17-,19+,26-/m1/s1. The van der Waals surface area contributed by atoms with Gasteiger partial charge in [-0.2, -0.15) is 5.10 Å². The average molecular weight is 470 g/mol. The maximum Gasteiger partial charge on any atom is 0.251 e. The molecular weight excluding hydrogens is 445 g/mol. The number of H-pyrrole nitrogens is 1. The van der Waals surface area contributed by atoms with Crippen molar-refractivity contribution in [2.24, 2.45) is 17.6 Å². The number of nitrogens with two attached hydrogens (primary N) is 1. The van der Waals surface area contributed by atoms with E-state index in [-0.39, 0.29) is 23.1 Å². The second-order valence-electron chi connectivity index (χ2n) is 9.72. The minimum atomic E-state index is -0.303. The molecule has 2 aromatic carbocycles. The summed E-state index contributed by atoms with van der Waals surface area (Å²) in [6, 6.07) is 12.7. The predicted octanol–water partition coefficient (Wildman–Crippen LogP) is 2.76. The van der Waals surface area contributed by atoms with Gasteiger partial charge in [0, 0.05) is 42.7 Å². The Kier molecular flexibility index (Phi) is 4.29. The van der Waals surface area contributed by atoms with E-state index < -0.39 is 0 Å². The number of nitrogens with one attached hydrogen (secondary N) is 2. The Bertz CT molecular complexity index is 1500. The summed E-state index contributed by atoms with van der Waals surface area (Å²) >= 11 is 0. The van der Waals surface area contributed by atoms with Crippen molar-refractivity contribution in [2.45, 2.75) is 18.4 Å². The molecule has 0 unspecified atom stereocenters. The molecule has 3 aliphatic rings. The molecule has 176 valence electrons. The number of nitrogens with zero attached hydrogens (tertiary/aromatic N) is 4. The SMILES string of the molecule is NC[C@]1(c2ccccc2F)[C@@H]2CCN(c3cnc4c(-c5ccc6c(c5)CNC6=O)n[nH]c4n3)C[C@@H]21. The van der Waals surface area contributed by atoms with Crippen molar-refractivity contribution in [3.8, 4) is 11.3 Å². The molecule has 3 atom stereocenters. The second kappa shape index (κ2) is 7.32. The molecule has 2 aliphatic heterocycles. The number of carbonyl (C=O) groups is 1. The number of halogens is 1. The van der Waals surface area contributed by atoms with Crippen LogP contribution in [0.4, 0.5) is 10.2 Å². The smallest absolute Gasteiger partial charge is 0.251 e. The number of benzene rings is 2. The molecule has 1 aliphatic carbocycles. The summed E-state index contributed by atoms with van der Waals surface area (Å²) in [5.41, 5.74) is 11.2. The molecule has 4 N–H and O–H groups in total. The third kappa shape index (κ3) is 2.88. The molecule has 7 rings (SSSR count). The fourth-order valence-electron chi connectivity index (χ4n) is 6.36. The molecule has 1 saturated heterocycles. The van der Waals surface area contributed by atoms with Gasteiger partial charge in [0.25, 0.3) is 5.91 Å². The van der Waals surface area contributed by atoms with Gasteiger partial charge >= 0.3 is 0 Å². The summed E-state index contributed by atoms with van der Waals surface area (Å²) < 4.78 is 14.7. The highest BCUT2D eigenvalue weighted by atomic mass is 19.1. The summed E-state index contributed by atoms with van der Waals surface area (Å²) in [6.45, 7) is 2.55. The number of aromatic nitrogens is 4. The lowest BCUT2D eigenvalue weighted by Crippen LogP contribution is -2.32. The van der Waals surface area contributed by atoms with E-state index in [0.717, 1.165) is 42.0 Å². The average Bonchev–Trinajstić information content (AvgIpc) is 3.13. The number of rotatable bonds is 4. The lowest BCUT2D eigenvalue weighted by atomic mass is 9.91. The Morgan fingerprint density at radius 3 is 2.94 bits per heavy atom. The summed E-state index contributed by atoms with van der Waals surface area (Å²) in [6.07, 6.45) is 2.72. The quantitative estimate of drug-likeness (QED) is 0.424. The van der Waals surface area contributed by atoms with Crippen LogP contribution in [0.3, 0.4) is 0 Å². The highest BCUT2D eigenvalue weighted by Crippen LogP contribution is 2.63. The minimum absolute atomic E-state index is 0.0454. The van der Waals surface area contributed by atoms with Gasteiger partial charge in [-0.15, -0.1) is 0 Å². The Labute approximate surface area is 200 Å². The fraction of sp³-hybridized carbons (Fsp3) is 0.308. The normalized spacial score (nSPS) is 24.9. The molecule has 0 radical (unpaired) electrons. The van der Waals surface area contributed by atoms with Crippen LogP contribution in [0.5, 0.6) is 0 Å². The highest BCUT2D eigenvalue weighted by Gasteiger charge is 2.66. The molecule has 2 aromatic heterocycles. The van der Waals surface area contributed by atoms with Gasteiger partial charge in [-0.3, -0.25) is 9.89 Å². The van der Waals surface area contributed by atoms with Crippen LogP contribution in [0.15, 0.2) is 48.7 Å². The van der Waals surface area contributed by atoms with Crippen LogP contribution < -0.4 is 16.0 Å². The molecule has 4 aromatic rings. The van der Waals surface area contributed by atoms with Crippen molar-refractivity contribution in [2.75, 3.05) is 24.5 Å². The molecule has 1 saturated carbocycles. The van der Waals surface area contributed by atoms with Crippen LogP contribution in [0.25, 0.3) is 22.4 Å². The van der Waals surface area contributed by atoms with Gasteiger partial charge < -0.3 is 16.0 Å². The summed E-state index contributed by atoms with van der Waals surface area (Å²) in [4.78, 5) is 23.6. The summed E-state index contributed by atoms with van der Waals surface area (Å²) in [5.74, 6) is 1.24. The fourth-order valence-corrected chi connectivity index (χ4v) is 6.36.